The molecule has 2 aliphatic rings. The standard InChI is InChI=1S/C28H36BrN7O5S.ClH/c1-15(2)10-19(30)27(38)41-16(3)26(37)35-7-4-17(5-8-35)6-9-36-25-23(24(31)32-13-33-25)34-28(36)42-22-12-21-20(11-18(22)29)39-14-40-21;/h11-13,15-17,19H,4-10,14,30H2,1-3H3,(H2,31,32,33);1H/t16-,19-;/m0./s1. The van der Waals surface area contributed by atoms with Gasteiger partial charge in [-0.05, 0) is 72.5 Å². The Hall–Kier alpha value is -2.81. The smallest absolute Gasteiger partial charge is 0.323 e. The number of nitrogen functional groups attached to an aromatic ring is 1. The molecule has 43 heavy (non-hydrogen) atoms. The van der Waals surface area contributed by atoms with Crippen molar-refractivity contribution >= 4 is 69.0 Å². The number of esters is 1. The number of ether oxygens (including phenoxy) is 3. The number of anilines is 1. The third-order valence-corrected chi connectivity index (χ3v) is 9.48. The molecule has 0 bridgehead atoms. The number of rotatable bonds is 10. The summed E-state index contributed by atoms with van der Waals surface area (Å²) in [6.07, 6.45) is 3.68. The molecule has 0 saturated carbocycles. The van der Waals surface area contributed by atoms with Crippen LogP contribution in [0.5, 0.6) is 11.5 Å². The normalized spacial score (nSPS) is 16.3. The topological polar surface area (TPSA) is 161 Å². The van der Waals surface area contributed by atoms with Crippen LogP contribution in [0.4, 0.5) is 5.82 Å². The van der Waals surface area contributed by atoms with E-state index in [-0.39, 0.29) is 31.0 Å². The SMILES string of the molecule is CC(C)C[C@H](N)C(=O)O[C@@H](C)C(=O)N1CCC(CCn2c(Sc3cc4c(cc3Br)OCO4)nc3c(N)ncnc32)CC1.Cl. The van der Waals surface area contributed by atoms with Gasteiger partial charge in [-0.25, -0.2) is 15.0 Å². The van der Waals surface area contributed by atoms with Crippen LogP contribution < -0.4 is 20.9 Å². The van der Waals surface area contributed by atoms with Gasteiger partial charge in [0, 0.05) is 29.0 Å². The van der Waals surface area contributed by atoms with E-state index in [1.54, 1.807) is 11.8 Å². The summed E-state index contributed by atoms with van der Waals surface area (Å²) >= 11 is 5.12. The van der Waals surface area contributed by atoms with Crippen molar-refractivity contribution in [3.63, 3.8) is 0 Å². The van der Waals surface area contributed by atoms with Gasteiger partial charge in [0.1, 0.15) is 12.4 Å². The molecule has 234 valence electrons. The number of likely N-dealkylation sites (tertiary alicyclic amines) is 1. The van der Waals surface area contributed by atoms with Gasteiger partial charge in [-0.15, -0.1) is 12.4 Å². The Balaban J connectivity index is 0.00000423. The first-order valence-electron chi connectivity index (χ1n) is 14.1. The fourth-order valence-electron chi connectivity index (χ4n) is 5.22. The molecule has 2 atom stereocenters. The van der Waals surface area contributed by atoms with Crippen molar-refractivity contribution in [3.05, 3.63) is 22.9 Å². The number of aromatic nitrogens is 4. The minimum Gasteiger partial charge on any atom is -0.454 e. The van der Waals surface area contributed by atoms with Crippen molar-refractivity contribution < 1.29 is 23.8 Å². The van der Waals surface area contributed by atoms with Gasteiger partial charge in [0.15, 0.2) is 39.7 Å². The van der Waals surface area contributed by atoms with E-state index < -0.39 is 18.1 Å². The van der Waals surface area contributed by atoms with E-state index >= 15 is 0 Å². The lowest BCUT2D eigenvalue weighted by molar-refractivity contribution is -0.161. The van der Waals surface area contributed by atoms with Crippen LogP contribution in [0.2, 0.25) is 0 Å². The lowest BCUT2D eigenvalue weighted by Crippen LogP contribution is -2.46. The number of nitrogens with zero attached hydrogens (tertiary/aromatic N) is 5. The minimum absolute atomic E-state index is 0. The Morgan fingerprint density at radius 3 is 2.56 bits per heavy atom. The summed E-state index contributed by atoms with van der Waals surface area (Å²) in [5.74, 6) is 1.67. The van der Waals surface area contributed by atoms with E-state index in [0.717, 1.165) is 33.8 Å². The second-order valence-electron chi connectivity index (χ2n) is 11.1. The van der Waals surface area contributed by atoms with E-state index in [9.17, 15) is 9.59 Å². The maximum absolute atomic E-state index is 13.0. The summed E-state index contributed by atoms with van der Waals surface area (Å²) in [5, 5.41) is 0.746. The van der Waals surface area contributed by atoms with Crippen molar-refractivity contribution in [3.8, 4) is 11.5 Å². The van der Waals surface area contributed by atoms with E-state index in [0.29, 0.717) is 60.5 Å². The van der Waals surface area contributed by atoms with Crippen molar-refractivity contribution in [2.45, 2.75) is 75.2 Å². The Bertz CT molecular complexity index is 1470. The number of benzene rings is 1. The summed E-state index contributed by atoms with van der Waals surface area (Å²) in [5.41, 5.74) is 13.3. The van der Waals surface area contributed by atoms with Crippen LogP contribution in [0.25, 0.3) is 11.2 Å². The van der Waals surface area contributed by atoms with Gasteiger partial charge in [-0.2, -0.15) is 0 Å². The summed E-state index contributed by atoms with van der Waals surface area (Å²) in [4.78, 5) is 41.4. The Morgan fingerprint density at radius 1 is 1.16 bits per heavy atom. The maximum Gasteiger partial charge on any atom is 0.323 e. The van der Waals surface area contributed by atoms with E-state index in [1.165, 1.54) is 18.1 Å². The van der Waals surface area contributed by atoms with Gasteiger partial charge in [0.2, 0.25) is 6.79 Å². The first-order chi connectivity index (χ1) is 20.1. The number of nitrogens with two attached hydrogens (primary N) is 2. The summed E-state index contributed by atoms with van der Waals surface area (Å²) in [6, 6.07) is 3.10. The molecular weight excluding hydrogens is 662 g/mol. The number of piperidine rings is 1. The largest absolute Gasteiger partial charge is 0.454 e. The number of amides is 1. The zero-order chi connectivity index (χ0) is 30.0. The monoisotopic (exact) mass is 697 g/mol. The molecule has 15 heteroatoms. The molecule has 1 aromatic carbocycles. The number of hydrogen-bond donors (Lipinski definition) is 2. The van der Waals surface area contributed by atoms with Gasteiger partial charge in [0.25, 0.3) is 5.91 Å². The zero-order valence-corrected chi connectivity index (χ0v) is 27.5. The third kappa shape index (κ3) is 7.65. The molecule has 12 nitrogen and oxygen atoms in total. The lowest BCUT2D eigenvalue weighted by Gasteiger charge is -2.33. The van der Waals surface area contributed by atoms with Gasteiger partial charge in [-0.1, -0.05) is 25.6 Å². The van der Waals surface area contributed by atoms with E-state index in [4.69, 9.17) is 30.7 Å². The number of imidazole rings is 1. The number of carbonyl (C=O) groups excluding carboxylic acids is 2. The van der Waals surface area contributed by atoms with Gasteiger partial charge in [-0.3, -0.25) is 9.59 Å². The lowest BCUT2D eigenvalue weighted by atomic mass is 9.93. The quantitative estimate of drug-likeness (QED) is 0.289. The summed E-state index contributed by atoms with van der Waals surface area (Å²) < 4.78 is 19.4. The van der Waals surface area contributed by atoms with Crippen LogP contribution in [-0.4, -0.2) is 68.3 Å². The molecule has 0 aliphatic carbocycles. The predicted molar refractivity (Wildman–Crippen MR) is 168 cm³/mol. The number of halogens is 2. The molecule has 0 spiro atoms. The molecule has 1 fully saturated rings. The molecule has 5 rings (SSSR count). The second-order valence-corrected chi connectivity index (χ2v) is 13.0. The molecule has 2 aromatic heterocycles. The van der Waals surface area contributed by atoms with Crippen LogP contribution in [0.1, 0.15) is 46.5 Å². The number of hydrogen-bond acceptors (Lipinski definition) is 11. The average molecular weight is 699 g/mol. The van der Waals surface area contributed by atoms with Gasteiger partial charge in [0.05, 0.1) is 0 Å². The number of fused-ring (bicyclic) bond motifs is 2. The average Bonchev–Trinajstić information content (AvgIpc) is 3.56. The van der Waals surface area contributed by atoms with E-state index in [2.05, 4.69) is 30.5 Å². The second kappa shape index (κ2) is 14.3. The van der Waals surface area contributed by atoms with Crippen LogP contribution in [0.3, 0.4) is 0 Å². The molecular formula is C28H37BrClN7O5S. The number of aryl methyl sites for hydroxylation is 1. The zero-order valence-electron chi connectivity index (χ0n) is 24.3. The summed E-state index contributed by atoms with van der Waals surface area (Å²) in [7, 11) is 0. The molecule has 3 aromatic rings. The van der Waals surface area contributed by atoms with Crippen LogP contribution >= 0.6 is 40.1 Å². The molecule has 0 unspecified atom stereocenters. The molecule has 4 N–H and O–H groups in total. The highest BCUT2D eigenvalue weighted by molar-refractivity contribution is 9.10. The van der Waals surface area contributed by atoms with E-state index in [1.807, 2.05) is 26.0 Å². The fraction of sp³-hybridized carbons (Fsp3) is 0.536. The first-order valence-corrected chi connectivity index (χ1v) is 15.7. The van der Waals surface area contributed by atoms with Crippen molar-refractivity contribution in [2.24, 2.45) is 17.6 Å². The van der Waals surface area contributed by atoms with Crippen molar-refractivity contribution in [1.29, 1.82) is 0 Å². The van der Waals surface area contributed by atoms with Crippen LogP contribution in [0, 0.1) is 11.8 Å². The molecule has 0 radical (unpaired) electrons. The molecule has 1 saturated heterocycles. The Kier molecular flexibility index (Phi) is 11.0. The molecule has 1 amide bonds. The third-order valence-electron chi connectivity index (χ3n) is 7.51. The van der Waals surface area contributed by atoms with Gasteiger partial charge >= 0.3 is 5.97 Å². The van der Waals surface area contributed by atoms with Gasteiger partial charge < -0.3 is 35.1 Å². The fourth-order valence-corrected chi connectivity index (χ4v) is 6.72. The Morgan fingerprint density at radius 2 is 1.86 bits per heavy atom. The maximum atomic E-state index is 13.0. The van der Waals surface area contributed by atoms with Crippen LogP contribution in [-0.2, 0) is 20.9 Å². The minimum atomic E-state index is -0.857. The van der Waals surface area contributed by atoms with Crippen LogP contribution in [0.15, 0.2) is 33.0 Å². The highest BCUT2D eigenvalue weighted by Crippen LogP contribution is 2.43. The highest BCUT2D eigenvalue weighted by atomic mass is 79.9. The van der Waals surface area contributed by atoms with Crippen molar-refractivity contribution in [2.75, 3.05) is 25.6 Å². The van der Waals surface area contributed by atoms with Crippen molar-refractivity contribution in [1.82, 2.24) is 24.4 Å². The molecule has 4 heterocycles. The number of carbonyl (C=O) groups is 2. The predicted octanol–water partition coefficient (Wildman–Crippen LogP) is 4.41. The Labute approximate surface area is 269 Å². The highest BCUT2D eigenvalue weighted by Gasteiger charge is 2.30. The molecule has 2 aliphatic heterocycles. The summed E-state index contributed by atoms with van der Waals surface area (Å²) in [6.45, 7) is 7.68. The first kappa shape index (κ1) is 33.1.